The number of piperazine rings is 1. The molecule has 1 aromatic carbocycles. The second-order valence-electron chi connectivity index (χ2n) is 7.31. The lowest BCUT2D eigenvalue weighted by molar-refractivity contribution is 0.413. The van der Waals surface area contributed by atoms with Crippen LogP contribution in [0.25, 0.3) is 0 Å². The Kier molecular flexibility index (Phi) is 6.97. The van der Waals surface area contributed by atoms with Crippen molar-refractivity contribution in [2.75, 3.05) is 43.1 Å². The first-order chi connectivity index (χ1) is 13.9. The van der Waals surface area contributed by atoms with Crippen LogP contribution in [0.1, 0.15) is 26.7 Å². The highest BCUT2D eigenvalue weighted by atomic mass is 32.2. The Hall–Kier alpha value is -2.32. The van der Waals surface area contributed by atoms with E-state index >= 15 is 0 Å². The summed E-state index contributed by atoms with van der Waals surface area (Å²) in [4.78, 5) is 9.10. The summed E-state index contributed by atoms with van der Waals surface area (Å²) in [5, 5.41) is 0. The molecule has 0 aliphatic carbocycles. The fourth-order valence-corrected chi connectivity index (χ4v) is 4.83. The first-order valence-corrected chi connectivity index (χ1v) is 11.5. The molecule has 1 atom stereocenters. The van der Waals surface area contributed by atoms with Gasteiger partial charge in [-0.05, 0) is 37.6 Å². The van der Waals surface area contributed by atoms with E-state index in [0.29, 0.717) is 0 Å². The van der Waals surface area contributed by atoms with Gasteiger partial charge in [-0.25, -0.2) is 18.1 Å². The number of nitrogens with zero attached hydrogens (tertiary/aromatic N) is 3. The zero-order chi connectivity index (χ0) is 20.9. The molecule has 2 aromatic rings. The molecule has 0 amide bonds. The number of methoxy groups -OCH3 is 1. The van der Waals surface area contributed by atoms with Gasteiger partial charge in [-0.1, -0.05) is 25.5 Å². The van der Waals surface area contributed by atoms with Crippen molar-refractivity contribution in [2.45, 2.75) is 37.6 Å². The number of para-hydroxylation sites is 2. The van der Waals surface area contributed by atoms with Gasteiger partial charge in [-0.15, -0.1) is 0 Å². The number of hydrogen-bond acceptors (Lipinski definition) is 6. The maximum absolute atomic E-state index is 12.5. The summed E-state index contributed by atoms with van der Waals surface area (Å²) >= 11 is 0. The molecule has 1 aromatic heterocycles. The molecule has 2 heterocycles. The van der Waals surface area contributed by atoms with Gasteiger partial charge in [0.05, 0.1) is 12.8 Å². The molecule has 7 nitrogen and oxygen atoms in total. The van der Waals surface area contributed by atoms with E-state index < -0.39 is 10.0 Å². The monoisotopic (exact) mass is 418 g/mol. The summed E-state index contributed by atoms with van der Waals surface area (Å²) in [7, 11) is -1.85. The van der Waals surface area contributed by atoms with Crippen molar-refractivity contribution in [3.05, 3.63) is 42.6 Å². The number of anilines is 2. The minimum Gasteiger partial charge on any atom is -0.495 e. The molecule has 1 aliphatic heterocycles. The van der Waals surface area contributed by atoms with Crippen molar-refractivity contribution >= 4 is 21.5 Å². The molecule has 158 valence electrons. The molecular weight excluding hydrogens is 388 g/mol. The number of nitrogens with one attached hydrogen (secondary N) is 1. The van der Waals surface area contributed by atoms with Crippen LogP contribution in [-0.2, 0) is 10.0 Å². The van der Waals surface area contributed by atoms with E-state index in [2.05, 4.69) is 25.6 Å². The van der Waals surface area contributed by atoms with E-state index in [1.54, 1.807) is 19.2 Å². The summed E-state index contributed by atoms with van der Waals surface area (Å²) in [6.45, 7) is 7.22. The fraction of sp³-hybridized carbons (Fsp3) is 0.476. The molecular formula is C21H30N4O3S. The lowest BCUT2D eigenvalue weighted by atomic mass is 10.2. The second kappa shape index (κ2) is 9.45. The molecule has 29 heavy (non-hydrogen) atoms. The van der Waals surface area contributed by atoms with Gasteiger partial charge in [-0.3, -0.25) is 0 Å². The zero-order valence-electron chi connectivity index (χ0n) is 17.3. The third kappa shape index (κ3) is 5.19. The highest BCUT2D eigenvalue weighted by Gasteiger charge is 2.22. The van der Waals surface area contributed by atoms with Crippen molar-refractivity contribution in [2.24, 2.45) is 0 Å². The fourth-order valence-electron chi connectivity index (χ4n) is 3.61. The smallest absolute Gasteiger partial charge is 0.242 e. The van der Waals surface area contributed by atoms with Crippen LogP contribution in [0, 0.1) is 0 Å². The van der Waals surface area contributed by atoms with Crippen molar-refractivity contribution in [1.29, 1.82) is 0 Å². The molecule has 0 saturated carbocycles. The van der Waals surface area contributed by atoms with Crippen LogP contribution >= 0.6 is 0 Å². The zero-order valence-corrected chi connectivity index (χ0v) is 18.2. The average molecular weight is 419 g/mol. The first kappa shape index (κ1) is 21.4. The van der Waals surface area contributed by atoms with Crippen LogP contribution in [0.3, 0.4) is 0 Å². The molecule has 0 bridgehead atoms. The quantitative estimate of drug-likeness (QED) is 0.711. The SMILES string of the molecule is CCCC(C)NS(=O)(=O)c1ccc(N2CCN(c3ccccc3OC)CC2)nc1. The standard InChI is InChI=1S/C21H30N4O3S/c1-4-7-17(2)23-29(26,27)18-10-11-21(22-16-18)25-14-12-24(13-15-25)19-8-5-6-9-20(19)28-3/h5-6,8-11,16-17,23H,4,7,12-15H2,1-3H3. The Labute approximate surface area is 173 Å². The molecule has 1 aliphatic rings. The van der Waals surface area contributed by atoms with Gasteiger partial charge in [0.2, 0.25) is 10.0 Å². The Morgan fingerprint density at radius 1 is 1.10 bits per heavy atom. The lowest BCUT2D eigenvalue weighted by Gasteiger charge is -2.37. The van der Waals surface area contributed by atoms with Crippen LogP contribution in [-0.4, -0.2) is 52.7 Å². The van der Waals surface area contributed by atoms with Gasteiger partial charge in [0.1, 0.15) is 16.5 Å². The summed E-state index contributed by atoms with van der Waals surface area (Å²) < 4.78 is 33.1. The number of rotatable bonds is 8. The normalized spacial score (nSPS) is 16.0. The van der Waals surface area contributed by atoms with Crippen molar-refractivity contribution in [1.82, 2.24) is 9.71 Å². The van der Waals surface area contributed by atoms with Crippen LogP contribution in [0.2, 0.25) is 0 Å². The third-order valence-corrected chi connectivity index (χ3v) is 6.71. The minimum atomic E-state index is -3.53. The second-order valence-corrected chi connectivity index (χ2v) is 9.02. The van der Waals surface area contributed by atoms with Crippen molar-refractivity contribution in [3.8, 4) is 5.75 Å². The molecule has 1 saturated heterocycles. The minimum absolute atomic E-state index is 0.0901. The van der Waals surface area contributed by atoms with E-state index in [9.17, 15) is 8.42 Å². The van der Waals surface area contributed by atoms with E-state index in [0.717, 1.165) is 56.3 Å². The van der Waals surface area contributed by atoms with Crippen LogP contribution in [0.15, 0.2) is 47.5 Å². The number of pyridine rings is 1. The maximum atomic E-state index is 12.5. The number of benzene rings is 1. The van der Waals surface area contributed by atoms with Crippen molar-refractivity contribution in [3.63, 3.8) is 0 Å². The summed E-state index contributed by atoms with van der Waals surface area (Å²) in [5.74, 6) is 1.67. The average Bonchev–Trinajstić information content (AvgIpc) is 2.74. The van der Waals surface area contributed by atoms with Crippen molar-refractivity contribution < 1.29 is 13.2 Å². The molecule has 3 rings (SSSR count). The first-order valence-electron chi connectivity index (χ1n) is 10.1. The Balaban J connectivity index is 1.63. The molecule has 1 fully saturated rings. The van der Waals surface area contributed by atoms with E-state index in [1.165, 1.54) is 6.20 Å². The highest BCUT2D eigenvalue weighted by Crippen LogP contribution is 2.29. The Morgan fingerprint density at radius 3 is 2.41 bits per heavy atom. The van der Waals surface area contributed by atoms with Crippen LogP contribution in [0.5, 0.6) is 5.75 Å². The Bertz CT molecular complexity index is 894. The number of aromatic nitrogens is 1. The third-order valence-electron chi connectivity index (χ3n) is 5.14. The number of hydrogen-bond donors (Lipinski definition) is 1. The lowest BCUT2D eigenvalue weighted by Crippen LogP contribution is -2.47. The molecule has 0 radical (unpaired) electrons. The van der Waals surface area contributed by atoms with Gasteiger partial charge in [-0.2, -0.15) is 0 Å². The van der Waals surface area contributed by atoms with E-state index in [1.807, 2.05) is 32.0 Å². The molecule has 8 heteroatoms. The summed E-state index contributed by atoms with van der Waals surface area (Å²) in [6, 6.07) is 11.4. The summed E-state index contributed by atoms with van der Waals surface area (Å²) in [5.41, 5.74) is 1.09. The predicted molar refractivity (Wildman–Crippen MR) is 116 cm³/mol. The van der Waals surface area contributed by atoms with Crippen LogP contribution in [0.4, 0.5) is 11.5 Å². The van der Waals surface area contributed by atoms with E-state index in [4.69, 9.17) is 4.74 Å². The van der Waals surface area contributed by atoms with Gasteiger partial charge < -0.3 is 14.5 Å². The van der Waals surface area contributed by atoms with Gasteiger partial charge >= 0.3 is 0 Å². The topological polar surface area (TPSA) is 74.8 Å². The highest BCUT2D eigenvalue weighted by molar-refractivity contribution is 7.89. The number of ether oxygens (including phenoxy) is 1. The van der Waals surface area contributed by atoms with Gasteiger partial charge in [0.15, 0.2) is 0 Å². The largest absolute Gasteiger partial charge is 0.495 e. The Morgan fingerprint density at radius 2 is 1.79 bits per heavy atom. The molecule has 1 N–H and O–H groups in total. The van der Waals surface area contributed by atoms with Crippen LogP contribution < -0.4 is 19.3 Å². The van der Waals surface area contributed by atoms with Gasteiger partial charge in [0, 0.05) is 38.4 Å². The number of sulfonamides is 1. The molecule has 1 unspecified atom stereocenters. The molecule has 0 spiro atoms. The van der Waals surface area contributed by atoms with E-state index in [-0.39, 0.29) is 10.9 Å². The predicted octanol–water partition coefficient (Wildman–Crippen LogP) is 2.88. The van der Waals surface area contributed by atoms with Gasteiger partial charge in [0.25, 0.3) is 0 Å². The maximum Gasteiger partial charge on any atom is 0.242 e. The summed E-state index contributed by atoms with van der Waals surface area (Å²) in [6.07, 6.45) is 3.19.